The largest absolute Gasteiger partial charge is 0.480 e. The quantitative estimate of drug-likeness (QED) is 0.0538. The van der Waals surface area contributed by atoms with Crippen LogP contribution in [0.15, 0.2) is 4.99 Å². The van der Waals surface area contributed by atoms with Crippen LogP contribution in [0.25, 0.3) is 0 Å². The SMILES string of the molecule is CC(O)C(N)C(=O)NC(CCC(N)=O)C(=O)NC(C(=O)NC(CCCN=C(N)N)C(=O)O)C(C)O. The molecule has 0 radical (unpaired) electrons. The first-order valence-corrected chi connectivity index (χ1v) is 10.8. The van der Waals surface area contributed by atoms with Gasteiger partial charge in [0, 0.05) is 13.0 Å². The van der Waals surface area contributed by atoms with Crippen molar-refractivity contribution in [2.75, 3.05) is 6.54 Å². The molecule has 0 aliphatic carbocycles. The van der Waals surface area contributed by atoms with E-state index in [0.717, 1.165) is 0 Å². The van der Waals surface area contributed by atoms with E-state index in [1.54, 1.807) is 0 Å². The molecule has 0 saturated heterocycles. The Bertz CT molecular complexity index is 785. The number of nitrogens with two attached hydrogens (primary N) is 4. The Morgan fingerprint density at radius 1 is 0.829 bits per heavy atom. The van der Waals surface area contributed by atoms with Gasteiger partial charge in [-0.15, -0.1) is 0 Å². The Kier molecular flexibility index (Phi) is 13.9. The number of carbonyl (C=O) groups excluding carboxylic acids is 4. The van der Waals surface area contributed by atoms with Gasteiger partial charge in [0.15, 0.2) is 5.96 Å². The van der Waals surface area contributed by atoms with Crippen molar-refractivity contribution in [1.82, 2.24) is 16.0 Å². The first-order chi connectivity index (χ1) is 16.2. The molecule has 0 heterocycles. The second-order valence-electron chi connectivity index (χ2n) is 7.91. The fraction of sp³-hybridized carbons (Fsp3) is 0.684. The molecule has 0 aromatic carbocycles. The van der Waals surface area contributed by atoms with Crippen LogP contribution in [0, 0.1) is 0 Å². The van der Waals surface area contributed by atoms with E-state index >= 15 is 0 Å². The summed E-state index contributed by atoms with van der Waals surface area (Å²) >= 11 is 0. The zero-order valence-corrected chi connectivity index (χ0v) is 19.6. The fourth-order valence-corrected chi connectivity index (χ4v) is 2.72. The van der Waals surface area contributed by atoms with Crippen LogP contribution in [0.4, 0.5) is 0 Å². The highest BCUT2D eigenvalue weighted by molar-refractivity contribution is 5.94. The molecule has 0 aliphatic rings. The van der Waals surface area contributed by atoms with Gasteiger partial charge in [-0.05, 0) is 33.1 Å². The van der Waals surface area contributed by atoms with Gasteiger partial charge in [-0.3, -0.25) is 24.2 Å². The van der Waals surface area contributed by atoms with Crippen LogP contribution < -0.4 is 38.9 Å². The van der Waals surface area contributed by atoms with E-state index < -0.39 is 66.0 Å². The molecule has 0 saturated carbocycles. The molecule has 0 aromatic rings. The number of hydrogen-bond acceptors (Lipinski definition) is 9. The predicted molar refractivity (Wildman–Crippen MR) is 123 cm³/mol. The minimum atomic E-state index is -1.61. The zero-order chi connectivity index (χ0) is 27.3. The number of carbonyl (C=O) groups is 5. The van der Waals surface area contributed by atoms with Crippen LogP contribution in [-0.4, -0.2) is 93.8 Å². The van der Waals surface area contributed by atoms with Crippen molar-refractivity contribution >= 4 is 35.6 Å². The Labute approximate surface area is 201 Å². The van der Waals surface area contributed by atoms with Crippen LogP contribution in [0.3, 0.4) is 0 Å². The molecule has 0 aromatic heterocycles. The molecule has 0 rings (SSSR count). The van der Waals surface area contributed by atoms with Crippen molar-refractivity contribution in [2.45, 2.75) is 75.9 Å². The van der Waals surface area contributed by atoms with Gasteiger partial charge in [0.2, 0.25) is 23.6 Å². The van der Waals surface area contributed by atoms with E-state index in [1.165, 1.54) is 13.8 Å². The van der Waals surface area contributed by atoms with Crippen LogP contribution >= 0.6 is 0 Å². The van der Waals surface area contributed by atoms with E-state index in [1.807, 2.05) is 0 Å². The number of amides is 4. The zero-order valence-electron chi connectivity index (χ0n) is 19.6. The second-order valence-corrected chi connectivity index (χ2v) is 7.91. The van der Waals surface area contributed by atoms with Gasteiger partial charge in [0.1, 0.15) is 24.2 Å². The van der Waals surface area contributed by atoms with Crippen LogP contribution in [-0.2, 0) is 24.0 Å². The van der Waals surface area contributed by atoms with Crippen molar-refractivity contribution in [2.24, 2.45) is 27.9 Å². The summed E-state index contributed by atoms with van der Waals surface area (Å²) in [4.78, 5) is 64.0. The molecule has 0 fully saturated rings. The Morgan fingerprint density at radius 3 is 1.86 bits per heavy atom. The van der Waals surface area contributed by atoms with Gasteiger partial charge >= 0.3 is 5.97 Å². The van der Waals surface area contributed by atoms with E-state index in [0.29, 0.717) is 0 Å². The number of rotatable bonds is 16. The van der Waals surface area contributed by atoms with Gasteiger partial charge in [-0.1, -0.05) is 0 Å². The minimum absolute atomic E-state index is 0.0488. The number of aliphatic hydroxyl groups excluding tert-OH is 2. The van der Waals surface area contributed by atoms with E-state index in [-0.39, 0.29) is 38.2 Å². The van der Waals surface area contributed by atoms with Gasteiger partial charge in [-0.25, -0.2) is 4.79 Å². The fourth-order valence-electron chi connectivity index (χ4n) is 2.72. The highest BCUT2D eigenvalue weighted by Gasteiger charge is 2.33. The highest BCUT2D eigenvalue weighted by Crippen LogP contribution is 2.05. The van der Waals surface area contributed by atoms with Gasteiger partial charge in [0.05, 0.1) is 12.2 Å². The third kappa shape index (κ3) is 12.5. The van der Waals surface area contributed by atoms with Crippen molar-refractivity contribution in [1.29, 1.82) is 0 Å². The maximum absolute atomic E-state index is 12.8. The number of aliphatic carboxylic acids is 1. The van der Waals surface area contributed by atoms with E-state index in [4.69, 9.17) is 22.9 Å². The summed E-state index contributed by atoms with van der Waals surface area (Å²) in [6.07, 6.45) is -3.13. The first-order valence-electron chi connectivity index (χ1n) is 10.8. The lowest BCUT2D eigenvalue weighted by Gasteiger charge is -2.26. The predicted octanol–water partition coefficient (Wildman–Crippen LogP) is -5.07. The molecule has 0 spiro atoms. The number of guanidine groups is 1. The number of aliphatic hydroxyl groups is 2. The van der Waals surface area contributed by atoms with Gasteiger partial charge in [-0.2, -0.15) is 0 Å². The third-order valence-electron chi connectivity index (χ3n) is 4.76. The van der Waals surface area contributed by atoms with Gasteiger partial charge < -0.3 is 54.2 Å². The minimum Gasteiger partial charge on any atom is -0.480 e. The summed E-state index contributed by atoms with van der Waals surface area (Å²) in [6.45, 7) is 2.56. The molecule has 4 amide bonds. The molecule has 6 unspecified atom stereocenters. The Balaban J connectivity index is 5.43. The van der Waals surface area contributed by atoms with Crippen LogP contribution in [0.1, 0.15) is 39.5 Å². The second kappa shape index (κ2) is 15.4. The Hall–Kier alpha value is -3.50. The van der Waals surface area contributed by atoms with Crippen molar-refractivity contribution in [3.8, 4) is 0 Å². The lowest BCUT2D eigenvalue weighted by Crippen LogP contribution is -2.60. The molecule has 0 aliphatic heterocycles. The lowest BCUT2D eigenvalue weighted by molar-refractivity contribution is -0.143. The summed E-state index contributed by atoms with van der Waals surface area (Å²) in [6, 6.07) is -5.77. The summed E-state index contributed by atoms with van der Waals surface area (Å²) in [7, 11) is 0. The molecule has 14 N–H and O–H groups in total. The molecule has 0 bridgehead atoms. The number of hydrogen-bond donors (Lipinski definition) is 10. The summed E-state index contributed by atoms with van der Waals surface area (Å²) in [5, 5.41) is 35.5. The third-order valence-corrected chi connectivity index (χ3v) is 4.76. The standard InChI is InChI=1S/C19H36N8O8/c1-8(28)13(21)16(32)25-10(5-6-12(20)30)15(31)27-14(9(2)29)17(33)26-11(18(34)35)4-3-7-24-19(22)23/h8-11,13-14,28-29H,3-7,21H2,1-2H3,(H2,20,30)(H,25,32)(H,26,33)(H,27,31)(H,34,35)(H4,22,23,24). The molecule has 35 heavy (non-hydrogen) atoms. The number of carboxylic acids is 1. The highest BCUT2D eigenvalue weighted by atomic mass is 16.4. The molecular formula is C19H36N8O8. The topological polar surface area (TPSA) is 299 Å². The average Bonchev–Trinajstić information content (AvgIpc) is 2.74. The number of carboxylic acid groups (broad SMARTS) is 1. The van der Waals surface area contributed by atoms with Crippen LogP contribution in [0.5, 0.6) is 0 Å². The van der Waals surface area contributed by atoms with Gasteiger partial charge in [0.25, 0.3) is 0 Å². The monoisotopic (exact) mass is 504 g/mol. The summed E-state index contributed by atoms with van der Waals surface area (Å²) in [5.41, 5.74) is 21.0. The van der Waals surface area contributed by atoms with Crippen LogP contribution in [0.2, 0.25) is 0 Å². The number of aliphatic imine (C=N–C) groups is 1. The van der Waals surface area contributed by atoms with E-state index in [2.05, 4.69) is 20.9 Å². The molecule has 200 valence electrons. The van der Waals surface area contributed by atoms with E-state index in [9.17, 15) is 39.3 Å². The number of nitrogens with one attached hydrogen (secondary N) is 3. The smallest absolute Gasteiger partial charge is 0.326 e. The molecule has 16 heteroatoms. The maximum atomic E-state index is 12.8. The Morgan fingerprint density at radius 2 is 1.40 bits per heavy atom. The van der Waals surface area contributed by atoms with Crippen molar-refractivity contribution in [3.63, 3.8) is 0 Å². The average molecular weight is 505 g/mol. The number of nitrogens with zero attached hydrogens (tertiary/aromatic N) is 1. The molecule has 16 nitrogen and oxygen atoms in total. The maximum Gasteiger partial charge on any atom is 0.326 e. The molecular weight excluding hydrogens is 468 g/mol. The number of primary amides is 1. The lowest BCUT2D eigenvalue weighted by atomic mass is 10.1. The summed E-state index contributed by atoms with van der Waals surface area (Å²) in [5.74, 6) is -5.20. The first kappa shape index (κ1) is 31.5. The molecule has 6 atom stereocenters. The van der Waals surface area contributed by atoms with Crippen molar-refractivity contribution < 1.29 is 39.3 Å². The van der Waals surface area contributed by atoms with Crippen molar-refractivity contribution in [3.05, 3.63) is 0 Å². The summed E-state index contributed by atoms with van der Waals surface area (Å²) < 4.78 is 0. The normalized spacial score (nSPS) is 15.9.